The van der Waals surface area contributed by atoms with E-state index in [1.807, 2.05) is 43.9 Å². The van der Waals surface area contributed by atoms with Gasteiger partial charge in [0.15, 0.2) is 0 Å². The average Bonchev–Trinajstić information content (AvgIpc) is 2.99. The summed E-state index contributed by atoms with van der Waals surface area (Å²) in [4.78, 5) is 19.0. The summed E-state index contributed by atoms with van der Waals surface area (Å²) in [6.07, 6.45) is 3.07. The molecule has 1 aromatic rings. The van der Waals surface area contributed by atoms with E-state index < -0.39 is 5.60 Å². The molecule has 0 radical (unpaired) electrons. The van der Waals surface area contributed by atoms with E-state index in [9.17, 15) is 4.79 Å². The van der Waals surface area contributed by atoms with Crippen molar-refractivity contribution in [2.45, 2.75) is 64.6 Å². The van der Waals surface area contributed by atoms with Gasteiger partial charge in [-0.15, -0.1) is 0 Å². The Balaban J connectivity index is 2.17. The fourth-order valence-corrected chi connectivity index (χ4v) is 4.23. The summed E-state index contributed by atoms with van der Waals surface area (Å²) in [6, 6.07) is 10.2. The van der Waals surface area contributed by atoms with Gasteiger partial charge in [0, 0.05) is 12.1 Å². The summed E-state index contributed by atoms with van der Waals surface area (Å²) in [5, 5.41) is 9.65. The van der Waals surface area contributed by atoms with Crippen LogP contribution in [0.5, 0.6) is 0 Å². The highest BCUT2D eigenvalue weighted by Gasteiger charge is 2.43. The number of hydrogen-bond acceptors (Lipinski definition) is 6. The van der Waals surface area contributed by atoms with Gasteiger partial charge in [-0.3, -0.25) is 5.14 Å². The average molecular weight is 445 g/mol. The molecule has 1 heterocycles. The van der Waals surface area contributed by atoms with E-state index in [4.69, 9.17) is 9.88 Å². The largest absolute Gasteiger partial charge is 0.444 e. The highest BCUT2D eigenvalue weighted by Crippen LogP contribution is 2.38. The van der Waals surface area contributed by atoms with E-state index in [0.29, 0.717) is 23.3 Å². The number of carbonyl (C=O) groups excluding carboxylic acids is 1. The van der Waals surface area contributed by atoms with Gasteiger partial charge in [0.2, 0.25) is 0 Å². The predicted octanol–water partition coefficient (Wildman–Crippen LogP) is 5.41. The van der Waals surface area contributed by atoms with Crippen LogP contribution in [0.1, 0.15) is 59.1 Å². The van der Waals surface area contributed by atoms with Crippen LogP contribution in [-0.4, -0.2) is 33.7 Å². The van der Waals surface area contributed by atoms with E-state index >= 15 is 0 Å². The van der Waals surface area contributed by atoms with Crippen molar-refractivity contribution in [3.05, 3.63) is 61.0 Å². The highest BCUT2D eigenvalue weighted by atomic mass is 32.2. The normalized spacial score (nSPS) is 19.6. The van der Waals surface area contributed by atoms with Crippen molar-refractivity contribution in [1.29, 1.82) is 0 Å². The minimum absolute atomic E-state index is 0.00526. The van der Waals surface area contributed by atoms with Crippen molar-refractivity contribution in [1.82, 2.24) is 10.2 Å². The van der Waals surface area contributed by atoms with Gasteiger partial charge in [-0.25, -0.2) is 9.79 Å². The van der Waals surface area contributed by atoms with Crippen LogP contribution in [0.15, 0.2) is 60.4 Å². The first kappa shape index (κ1) is 25.0. The number of hydrogen-bond donors (Lipinski definition) is 2. The first-order chi connectivity index (χ1) is 14.4. The molecule has 2 atom stereocenters. The molecule has 2 rings (SSSR count). The topological polar surface area (TPSA) is 80.0 Å². The summed E-state index contributed by atoms with van der Waals surface area (Å²) in [5.74, 6) is 0.836. The Kier molecular flexibility index (Phi) is 8.37. The van der Waals surface area contributed by atoms with E-state index in [2.05, 4.69) is 49.4 Å². The molecule has 1 aromatic carbocycles. The van der Waals surface area contributed by atoms with Crippen molar-refractivity contribution in [2.24, 2.45) is 16.0 Å². The lowest BCUT2D eigenvalue weighted by Gasteiger charge is -2.33. The second-order valence-electron chi connectivity index (χ2n) is 9.54. The van der Waals surface area contributed by atoms with E-state index in [1.165, 1.54) is 0 Å². The summed E-state index contributed by atoms with van der Waals surface area (Å²) in [5.41, 5.74) is 0.363. The SMILES string of the molecule is C=C/C(=N\C(=C)NC(CC1CN(C(=O)OC(C)(C)C)C(C)(C)C1)c1ccccc1)SN. The molecule has 1 fully saturated rings. The number of amides is 1. The Morgan fingerprint density at radius 1 is 1.42 bits per heavy atom. The third-order valence-corrected chi connectivity index (χ3v) is 5.73. The van der Waals surface area contributed by atoms with Crippen LogP contribution in [-0.2, 0) is 4.74 Å². The number of aliphatic imine (C=N–C) groups is 1. The summed E-state index contributed by atoms with van der Waals surface area (Å²) in [7, 11) is 0. The first-order valence-electron chi connectivity index (χ1n) is 10.5. The zero-order valence-electron chi connectivity index (χ0n) is 19.4. The lowest BCUT2D eigenvalue weighted by molar-refractivity contribution is 0.0130. The Morgan fingerprint density at radius 2 is 2.06 bits per heavy atom. The molecule has 2 unspecified atom stereocenters. The van der Waals surface area contributed by atoms with Crippen molar-refractivity contribution in [3.8, 4) is 0 Å². The van der Waals surface area contributed by atoms with Gasteiger partial charge in [0.25, 0.3) is 0 Å². The number of nitrogens with zero attached hydrogens (tertiary/aromatic N) is 2. The Hall–Kier alpha value is -2.25. The van der Waals surface area contributed by atoms with Crippen LogP contribution in [0, 0.1) is 5.92 Å². The molecule has 3 N–H and O–H groups in total. The highest BCUT2D eigenvalue weighted by molar-refractivity contribution is 8.12. The molecule has 0 saturated carbocycles. The number of likely N-dealkylation sites (tertiary alicyclic amines) is 1. The standard InChI is InChI=1S/C24H36N4O2S/c1-8-21(31-25)27-17(2)26-20(19-12-10-9-11-13-19)14-18-15-24(6,7)28(16-18)22(29)30-23(3,4)5/h8-13,18,20,26H,1-2,14-16,25H2,3-7H3/b27-21+. The maximum Gasteiger partial charge on any atom is 0.410 e. The molecule has 0 bridgehead atoms. The van der Waals surface area contributed by atoms with Crippen molar-refractivity contribution >= 4 is 23.1 Å². The van der Waals surface area contributed by atoms with Crippen LogP contribution >= 0.6 is 11.9 Å². The molecule has 0 aromatic heterocycles. The maximum absolute atomic E-state index is 12.8. The Bertz CT molecular complexity index is 815. The second-order valence-corrected chi connectivity index (χ2v) is 10.2. The first-order valence-corrected chi connectivity index (χ1v) is 11.4. The molecule has 1 aliphatic rings. The summed E-state index contributed by atoms with van der Waals surface area (Å²) >= 11 is 1.03. The maximum atomic E-state index is 12.8. The molecule has 6 nitrogen and oxygen atoms in total. The third-order valence-electron chi connectivity index (χ3n) is 5.23. The van der Waals surface area contributed by atoms with Crippen LogP contribution in [0.2, 0.25) is 0 Å². The monoisotopic (exact) mass is 444 g/mol. The number of nitrogens with one attached hydrogen (secondary N) is 1. The molecule has 0 aliphatic carbocycles. The van der Waals surface area contributed by atoms with Gasteiger partial charge in [0.1, 0.15) is 16.5 Å². The Morgan fingerprint density at radius 3 is 2.61 bits per heavy atom. The minimum Gasteiger partial charge on any atom is -0.444 e. The van der Waals surface area contributed by atoms with Gasteiger partial charge in [-0.2, -0.15) is 0 Å². The van der Waals surface area contributed by atoms with Crippen LogP contribution in [0.4, 0.5) is 4.79 Å². The Labute approximate surface area is 191 Å². The van der Waals surface area contributed by atoms with Crippen LogP contribution < -0.4 is 10.5 Å². The lowest BCUT2D eigenvalue weighted by Crippen LogP contribution is -2.45. The van der Waals surface area contributed by atoms with Crippen LogP contribution in [0.3, 0.4) is 0 Å². The summed E-state index contributed by atoms with van der Waals surface area (Å²) < 4.78 is 5.64. The molecule has 170 valence electrons. The smallest absolute Gasteiger partial charge is 0.410 e. The fraction of sp³-hybridized carbons (Fsp3) is 0.500. The van der Waals surface area contributed by atoms with E-state index in [-0.39, 0.29) is 17.7 Å². The van der Waals surface area contributed by atoms with Crippen molar-refractivity contribution in [3.63, 3.8) is 0 Å². The molecule has 7 heteroatoms. The summed E-state index contributed by atoms with van der Waals surface area (Å²) in [6.45, 7) is 18.3. The zero-order valence-corrected chi connectivity index (χ0v) is 20.2. The molecule has 1 saturated heterocycles. The lowest BCUT2D eigenvalue weighted by atomic mass is 9.89. The second kappa shape index (κ2) is 10.4. The molecule has 1 amide bonds. The van der Waals surface area contributed by atoms with Gasteiger partial charge >= 0.3 is 6.09 Å². The minimum atomic E-state index is -0.515. The number of rotatable bonds is 7. The van der Waals surface area contributed by atoms with Gasteiger partial charge in [-0.1, -0.05) is 43.5 Å². The zero-order chi connectivity index (χ0) is 23.2. The van der Waals surface area contributed by atoms with E-state index in [1.54, 1.807) is 6.08 Å². The molecular weight excluding hydrogens is 408 g/mol. The number of carbonyl (C=O) groups is 1. The fourth-order valence-electron chi connectivity index (χ4n) is 3.97. The van der Waals surface area contributed by atoms with Gasteiger partial charge in [0.05, 0.1) is 6.04 Å². The number of nitrogens with two attached hydrogens (primary N) is 1. The van der Waals surface area contributed by atoms with Crippen molar-refractivity contribution < 1.29 is 9.53 Å². The van der Waals surface area contributed by atoms with Gasteiger partial charge < -0.3 is 15.0 Å². The molecule has 0 spiro atoms. The molecule has 31 heavy (non-hydrogen) atoms. The molecular formula is C24H36N4O2S. The quantitative estimate of drug-likeness (QED) is 0.334. The van der Waals surface area contributed by atoms with Crippen molar-refractivity contribution in [2.75, 3.05) is 6.54 Å². The predicted molar refractivity (Wildman–Crippen MR) is 131 cm³/mol. The number of benzene rings is 1. The van der Waals surface area contributed by atoms with E-state index in [0.717, 1.165) is 30.4 Å². The van der Waals surface area contributed by atoms with Crippen LogP contribution in [0.25, 0.3) is 0 Å². The number of ether oxygens (including phenoxy) is 1. The van der Waals surface area contributed by atoms with Gasteiger partial charge in [-0.05, 0) is 77.0 Å². The third kappa shape index (κ3) is 7.43. The molecule has 1 aliphatic heterocycles.